The molecule has 0 aliphatic heterocycles. The second kappa shape index (κ2) is 7.44. The summed E-state index contributed by atoms with van der Waals surface area (Å²) in [6, 6.07) is 9.56. The van der Waals surface area contributed by atoms with E-state index in [4.69, 9.17) is 0 Å². The van der Waals surface area contributed by atoms with E-state index >= 15 is 0 Å². The Labute approximate surface area is 126 Å². The van der Waals surface area contributed by atoms with Crippen LogP contribution in [0.25, 0.3) is 0 Å². The van der Waals surface area contributed by atoms with Gasteiger partial charge in [0.25, 0.3) is 0 Å². The number of halogens is 1. The van der Waals surface area contributed by atoms with Gasteiger partial charge >= 0.3 is 0 Å². The van der Waals surface area contributed by atoms with E-state index in [2.05, 4.69) is 59.4 Å². The Bertz CT molecular complexity index is 383. The van der Waals surface area contributed by atoms with E-state index in [1.54, 1.807) is 0 Å². The first kappa shape index (κ1) is 15.1. The average molecular weight is 324 g/mol. The zero-order valence-corrected chi connectivity index (χ0v) is 13.7. The molecule has 0 saturated heterocycles. The SMILES string of the molecule is CC(N[C@H](C)C1CCCCCC1)c1ccccc1Br. The summed E-state index contributed by atoms with van der Waals surface area (Å²) in [7, 11) is 0. The van der Waals surface area contributed by atoms with Crippen LogP contribution >= 0.6 is 15.9 Å². The average Bonchev–Trinajstić information content (AvgIpc) is 2.68. The van der Waals surface area contributed by atoms with Crippen molar-refractivity contribution in [1.82, 2.24) is 5.32 Å². The summed E-state index contributed by atoms with van der Waals surface area (Å²) < 4.78 is 1.21. The van der Waals surface area contributed by atoms with Crippen LogP contribution in [0.1, 0.15) is 64.0 Å². The van der Waals surface area contributed by atoms with Crippen molar-refractivity contribution in [2.45, 2.75) is 64.5 Å². The van der Waals surface area contributed by atoms with E-state index in [0.29, 0.717) is 12.1 Å². The number of hydrogen-bond donors (Lipinski definition) is 1. The number of nitrogens with one attached hydrogen (secondary N) is 1. The van der Waals surface area contributed by atoms with Crippen molar-refractivity contribution in [3.8, 4) is 0 Å². The Morgan fingerprint density at radius 2 is 1.68 bits per heavy atom. The molecule has 2 rings (SSSR count). The highest BCUT2D eigenvalue weighted by molar-refractivity contribution is 9.10. The van der Waals surface area contributed by atoms with Gasteiger partial charge in [-0.05, 0) is 44.2 Å². The van der Waals surface area contributed by atoms with Crippen molar-refractivity contribution in [3.63, 3.8) is 0 Å². The van der Waals surface area contributed by atoms with E-state index in [-0.39, 0.29) is 0 Å². The van der Waals surface area contributed by atoms with Crippen LogP contribution in [0.2, 0.25) is 0 Å². The van der Waals surface area contributed by atoms with Crippen LogP contribution in [0, 0.1) is 5.92 Å². The first-order valence-corrected chi connectivity index (χ1v) is 8.48. The first-order chi connectivity index (χ1) is 9.18. The number of rotatable bonds is 4. The van der Waals surface area contributed by atoms with Gasteiger partial charge in [0.15, 0.2) is 0 Å². The lowest BCUT2D eigenvalue weighted by Crippen LogP contribution is -2.35. The van der Waals surface area contributed by atoms with E-state index in [1.165, 1.54) is 48.6 Å². The Balaban J connectivity index is 1.94. The molecule has 0 bridgehead atoms. The molecule has 0 aromatic heterocycles. The van der Waals surface area contributed by atoms with Gasteiger partial charge in [-0.2, -0.15) is 0 Å². The van der Waals surface area contributed by atoms with Crippen molar-refractivity contribution < 1.29 is 0 Å². The van der Waals surface area contributed by atoms with Crippen LogP contribution in [0.4, 0.5) is 0 Å². The van der Waals surface area contributed by atoms with Crippen LogP contribution < -0.4 is 5.32 Å². The summed E-state index contributed by atoms with van der Waals surface area (Å²) in [6.45, 7) is 4.64. The van der Waals surface area contributed by atoms with Crippen LogP contribution in [0.5, 0.6) is 0 Å². The number of benzene rings is 1. The quantitative estimate of drug-likeness (QED) is 0.725. The third-order valence-corrected chi connectivity index (χ3v) is 5.21. The van der Waals surface area contributed by atoms with Gasteiger partial charge in [0.05, 0.1) is 0 Å². The molecule has 1 unspecified atom stereocenters. The van der Waals surface area contributed by atoms with Gasteiger partial charge in [-0.3, -0.25) is 0 Å². The molecule has 0 spiro atoms. The molecule has 1 aromatic carbocycles. The molecule has 1 saturated carbocycles. The number of hydrogen-bond acceptors (Lipinski definition) is 1. The van der Waals surface area contributed by atoms with Gasteiger partial charge in [0.1, 0.15) is 0 Å². The van der Waals surface area contributed by atoms with Gasteiger partial charge in [0.2, 0.25) is 0 Å². The molecule has 2 atom stereocenters. The van der Waals surface area contributed by atoms with Gasteiger partial charge in [-0.25, -0.2) is 0 Å². The lowest BCUT2D eigenvalue weighted by Gasteiger charge is -2.27. The van der Waals surface area contributed by atoms with Crippen LogP contribution in [0.3, 0.4) is 0 Å². The summed E-state index contributed by atoms with van der Waals surface area (Å²) in [6.07, 6.45) is 8.50. The van der Waals surface area contributed by atoms with Crippen molar-refractivity contribution in [3.05, 3.63) is 34.3 Å². The molecule has 0 heterocycles. The second-order valence-electron chi connectivity index (χ2n) is 5.95. The normalized spacial score (nSPS) is 20.8. The predicted octanol–water partition coefficient (Wildman–Crippen LogP) is 5.46. The van der Waals surface area contributed by atoms with Crippen LogP contribution in [-0.2, 0) is 0 Å². The predicted molar refractivity (Wildman–Crippen MR) is 86.3 cm³/mol. The Morgan fingerprint density at radius 3 is 2.32 bits per heavy atom. The van der Waals surface area contributed by atoms with E-state index in [9.17, 15) is 0 Å². The fourth-order valence-electron chi connectivity index (χ4n) is 3.26. The molecule has 1 aromatic rings. The Morgan fingerprint density at radius 1 is 1.05 bits per heavy atom. The largest absolute Gasteiger partial charge is 0.307 e. The topological polar surface area (TPSA) is 12.0 Å². The maximum absolute atomic E-state index is 3.80. The highest BCUT2D eigenvalue weighted by atomic mass is 79.9. The molecule has 1 aliphatic rings. The molecule has 0 radical (unpaired) electrons. The van der Waals surface area contributed by atoms with Crippen molar-refractivity contribution >= 4 is 15.9 Å². The third kappa shape index (κ3) is 4.32. The van der Waals surface area contributed by atoms with Crippen LogP contribution in [0.15, 0.2) is 28.7 Å². The molecule has 1 fully saturated rings. The minimum Gasteiger partial charge on any atom is -0.307 e. The van der Waals surface area contributed by atoms with Crippen LogP contribution in [-0.4, -0.2) is 6.04 Å². The maximum Gasteiger partial charge on any atom is 0.0305 e. The minimum absolute atomic E-state index is 0.411. The lowest BCUT2D eigenvalue weighted by atomic mass is 9.92. The summed E-state index contributed by atoms with van der Waals surface area (Å²) in [5.41, 5.74) is 1.36. The molecule has 0 amide bonds. The monoisotopic (exact) mass is 323 g/mol. The van der Waals surface area contributed by atoms with Crippen molar-refractivity contribution in [2.75, 3.05) is 0 Å². The molecule has 19 heavy (non-hydrogen) atoms. The molecule has 1 N–H and O–H groups in total. The lowest BCUT2D eigenvalue weighted by molar-refractivity contribution is 0.316. The molecule has 106 valence electrons. The zero-order chi connectivity index (χ0) is 13.7. The summed E-state index contributed by atoms with van der Waals surface area (Å²) in [5.74, 6) is 0.854. The molecular formula is C17H26BrN. The van der Waals surface area contributed by atoms with Gasteiger partial charge in [0, 0.05) is 16.6 Å². The molecular weight excluding hydrogens is 298 g/mol. The highest BCUT2D eigenvalue weighted by Gasteiger charge is 2.21. The molecule has 1 nitrogen and oxygen atoms in total. The highest BCUT2D eigenvalue weighted by Crippen LogP contribution is 2.28. The van der Waals surface area contributed by atoms with E-state index < -0.39 is 0 Å². The third-order valence-electron chi connectivity index (χ3n) is 4.49. The smallest absolute Gasteiger partial charge is 0.0305 e. The zero-order valence-electron chi connectivity index (χ0n) is 12.2. The minimum atomic E-state index is 0.411. The van der Waals surface area contributed by atoms with E-state index in [1.807, 2.05) is 0 Å². The van der Waals surface area contributed by atoms with E-state index in [0.717, 1.165) is 5.92 Å². The summed E-state index contributed by atoms with van der Waals surface area (Å²) in [4.78, 5) is 0. The molecule has 2 heteroatoms. The molecule has 1 aliphatic carbocycles. The summed E-state index contributed by atoms with van der Waals surface area (Å²) >= 11 is 3.66. The van der Waals surface area contributed by atoms with Gasteiger partial charge in [-0.15, -0.1) is 0 Å². The van der Waals surface area contributed by atoms with Gasteiger partial charge < -0.3 is 5.32 Å². The fourth-order valence-corrected chi connectivity index (χ4v) is 3.89. The summed E-state index contributed by atoms with van der Waals surface area (Å²) in [5, 5.41) is 3.80. The second-order valence-corrected chi connectivity index (χ2v) is 6.80. The van der Waals surface area contributed by atoms with Crippen molar-refractivity contribution in [2.24, 2.45) is 5.92 Å². The first-order valence-electron chi connectivity index (χ1n) is 7.69. The Hall–Kier alpha value is -0.340. The van der Waals surface area contributed by atoms with Crippen molar-refractivity contribution in [1.29, 1.82) is 0 Å². The standard InChI is InChI=1S/C17H26BrN/c1-13(15-9-5-3-4-6-10-15)19-14(2)16-11-7-8-12-17(16)18/h7-8,11-15,19H,3-6,9-10H2,1-2H3/t13-,14?/m1/s1. The fraction of sp³-hybridized carbons (Fsp3) is 0.647. The van der Waals surface area contributed by atoms with Gasteiger partial charge in [-0.1, -0.05) is 59.8 Å². The maximum atomic E-state index is 3.80. The Kier molecular flexibility index (Phi) is 5.90.